The second kappa shape index (κ2) is 2.62. The Balaban J connectivity index is 2.54. The molecule has 0 saturated carbocycles. The van der Waals surface area contributed by atoms with E-state index in [0.717, 1.165) is 0 Å². The summed E-state index contributed by atoms with van der Waals surface area (Å²) < 4.78 is 4.87. The second-order valence-corrected chi connectivity index (χ2v) is 6.85. The molecule has 1 nitrogen and oxygen atoms in total. The standard InChI is InChI=1S/C2H10OSi2/c1-3-2(4)5/h2H,1,4-5H3. The van der Waals surface area contributed by atoms with Crippen molar-refractivity contribution >= 4 is 20.5 Å². The summed E-state index contributed by atoms with van der Waals surface area (Å²) in [6.07, 6.45) is 0. The number of hydrogen-bond acceptors (Lipinski definition) is 1. The topological polar surface area (TPSA) is 9.23 Å². The highest BCUT2D eigenvalue weighted by Gasteiger charge is 1.79. The summed E-state index contributed by atoms with van der Waals surface area (Å²) in [4.78, 5) is 0. The molecule has 0 N–H and O–H groups in total. The summed E-state index contributed by atoms with van der Waals surface area (Å²) in [7, 11) is 4.19. The molecule has 5 heavy (non-hydrogen) atoms. The van der Waals surface area contributed by atoms with Crippen molar-refractivity contribution in [2.24, 2.45) is 0 Å². The van der Waals surface area contributed by atoms with Gasteiger partial charge in [-0.3, -0.25) is 0 Å². The zero-order valence-electron chi connectivity index (χ0n) is 3.99. The monoisotopic (exact) mass is 106 g/mol. The van der Waals surface area contributed by atoms with Gasteiger partial charge in [0.25, 0.3) is 0 Å². The number of hydrogen-bond donors (Lipinski definition) is 0. The number of methoxy groups -OCH3 is 1. The van der Waals surface area contributed by atoms with E-state index in [4.69, 9.17) is 4.74 Å². The Morgan fingerprint density at radius 3 is 1.80 bits per heavy atom. The molecule has 0 heterocycles. The van der Waals surface area contributed by atoms with E-state index in [2.05, 4.69) is 0 Å². The highest BCUT2D eigenvalue weighted by atomic mass is 28.2. The van der Waals surface area contributed by atoms with Gasteiger partial charge in [0.15, 0.2) is 0 Å². The van der Waals surface area contributed by atoms with Crippen molar-refractivity contribution < 1.29 is 4.74 Å². The molecule has 32 valence electrons. The Morgan fingerprint density at radius 2 is 1.80 bits per heavy atom. The first-order valence-corrected chi connectivity index (χ1v) is 4.11. The van der Waals surface area contributed by atoms with Crippen molar-refractivity contribution in [3.05, 3.63) is 0 Å². The molecule has 0 rings (SSSR count). The maximum absolute atomic E-state index is 4.87. The normalized spacial score (nSPS) is 16.2. The lowest BCUT2D eigenvalue weighted by Gasteiger charge is -1.94. The van der Waals surface area contributed by atoms with Crippen LogP contribution < -0.4 is 0 Å². The largest absolute Gasteiger partial charge is 0.390 e. The molecule has 0 bridgehead atoms. The van der Waals surface area contributed by atoms with E-state index in [1.54, 1.807) is 7.11 Å². The van der Waals surface area contributed by atoms with E-state index in [0.29, 0.717) is 5.35 Å². The summed E-state index contributed by atoms with van der Waals surface area (Å²) in [6.45, 7) is 0. The van der Waals surface area contributed by atoms with Crippen molar-refractivity contribution in [2.45, 2.75) is 5.35 Å². The summed E-state index contributed by atoms with van der Waals surface area (Å²) in [5.41, 5.74) is 0. The van der Waals surface area contributed by atoms with Gasteiger partial charge < -0.3 is 4.74 Å². The fourth-order valence-corrected chi connectivity index (χ4v) is 0. The van der Waals surface area contributed by atoms with Crippen LogP contribution in [0.1, 0.15) is 0 Å². The van der Waals surface area contributed by atoms with Crippen LogP contribution in [0.5, 0.6) is 0 Å². The SMILES string of the molecule is COC([SiH3])[SiH3]. The van der Waals surface area contributed by atoms with Crippen LogP contribution in [0.2, 0.25) is 0 Å². The molecule has 0 radical (unpaired) electrons. The number of ether oxygens (including phenoxy) is 1. The molecule has 0 atom stereocenters. The van der Waals surface area contributed by atoms with E-state index >= 15 is 0 Å². The molecule has 3 heteroatoms. The maximum Gasteiger partial charge on any atom is 0.0349 e. The first kappa shape index (κ1) is 5.39. The Hall–Kier alpha value is 0.394. The molecule has 0 amide bonds. The zero-order chi connectivity index (χ0) is 4.28. The van der Waals surface area contributed by atoms with Crippen LogP contribution in [0.4, 0.5) is 0 Å². The van der Waals surface area contributed by atoms with Crippen molar-refractivity contribution in [1.29, 1.82) is 0 Å². The fourth-order valence-electron chi connectivity index (χ4n) is 0. The lowest BCUT2D eigenvalue weighted by atomic mass is 11.5. The van der Waals surface area contributed by atoms with Crippen LogP contribution in [0, 0.1) is 0 Å². The van der Waals surface area contributed by atoms with Crippen LogP contribution in [-0.2, 0) is 4.74 Å². The minimum atomic E-state index is 0.662. The Bertz CT molecular complexity index is 21.6. The van der Waals surface area contributed by atoms with E-state index in [1.807, 2.05) is 0 Å². The fraction of sp³-hybridized carbons (Fsp3) is 1.00. The quantitative estimate of drug-likeness (QED) is 0.340. The van der Waals surface area contributed by atoms with Crippen LogP contribution in [-0.4, -0.2) is 32.9 Å². The Kier molecular flexibility index (Phi) is 2.83. The predicted octanol–water partition coefficient (Wildman–Crippen LogP) is -2.35. The molecule has 0 aromatic carbocycles. The van der Waals surface area contributed by atoms with Crippen molar-refractivity contribution in [3.63, 3.8) is 0 Å². The third-order valence-electron chi connectivity index (χ3n) is 0.471. The van der Waals surface area contributed by atoms with Gasteiger partial charge in [0.2, 0.25) is 0 Å². The average Bonchev–Trinajstić information content (AvgIpc) is 1.38. The highest BCUT2D eigenvalue weighted by Crippen LogP contribution is 1.64. The molecule has 0 fully saturated rings. The molecule has 0 aromatic heterocycles. The van der Waals surface area contributed by atoms with Gasteiger partial charge in [-0.2, -0.15) is 0 Å². The number of rotatable bonds is 1. The zero-order valence-corrected chi connectivity index (χ0v) is 7.99. The van der Waals surface area contributed by atoms with Crippen LogP contribution in [0.3, 0.4) is 0 Å². The Morgan fingerprint density at radius 1 is 1.60 bits per heavy atom. The van der Waals surface area contributed by atoms with Crippen LogP contribution >= 0.6 is 0 Å². The van der Waals surface area contributed by atoms with Gasteiger partial charge >= 0.3 is 0 Å². The van der Waals surface area contributed by atoms with Gasteiger partial charge in [-0.05, 0) is 0 Å². The molecule has 0 aliphatic heterocycles. The third-order valence-corrected chi connectivity index (χ3v) is 1.41. The van der Waals surface area contributed by atoms with Gasteiger partial charge in [-0.1, -0.05) is 0 Å². The lowest BCUT2D eigenvalue weighted by Crippen LogP contribution is -2.07. The summed E-state index contributed by atoms with van der Waals surface area (Å²) >= 11 is 0. The molecule has 0 unspecified atom stereocenters. The van der Waals surface area contributed by atoms with Gasteiger partial charge in [0.05, 0.1) is 0 Å². The minimum Gasteiger partial charge on any atom is -0.390 e. The molecule has 0 spiro atoms. The van der Waals surface area contributed by atoms with Gasteiger partial charge in [-0.15, -0.1) is 0 Å². The molecule has 0 aliphatic carbocycles. The average molecular weight is 106 g/mol. The van der Waals surface area contributed by atoms with Gasteiger partial charge in [-0.25, -0.2) is 0 Å². The van der Waals surface area contributed by atoms with E-state index < -0.39 is 0 Å². The minimum absolute atomic E-state index is 0.662. The van der Waals surface area contributed by atoms with Gasteiger partial charge in [0, 0.05) is 32.9 Å². The van der Waals surface area contributed by atoms with Crippen LogP contribution in [0.25, 0.3) is 0 Å². The highest BCUT2D eigenvalue weighted by molar-refractivity contribution is 6.34. The molecule has 0 aromatic rings. The smallest absolute Gasteiger partial charge is 0.0349 e. The lowest BCUT2D eigenvalue weighted by molar-refractivity contribution is 0.224. The van der Waals surface area contributed by atoms with Crippen molar-refractivity contribution in [2.75, 3.05) is 7.11 Å². The molecule has 0 saturated heterocycles. The van der Waals surface area contributed by atoms with E-state index in [9.17, 15) is 0 Å². The first-order valence-electron chi connectivity index (χ1n) is 1.80. The third kappa shape index (κ3) is 4.39. The maximum atomic E-state index is 4.87. The van der Waals surface area contributed by atoms with Gasteiger partial charge in [0.1, 0.15) is 0 Å². The van der Waals surface area contributed by atoms with E-state index in [-0.39, 0.29) is 0 Å². The predicted molar refractivity (Wildman–Crippen MR) is 30.7 cm³/mol. The van der Waals surface area contributed by atoms with E-state index in [1.165, 1.54) is 20.5 Å². The van der Waals surface area contributed by atoms with Crippen molar-refractivity contribution in [3.8, 4) is 0 Å². The second-order valence-electron chi connectivity index (χ2n) is 1.28. The summed E-state index contributed by atoms with van der Waals surface area (Å²) in [5.74, 6) is 0. The Labute approximate surface area is 38.6 Å². The molecular weight excluding hydrogens is 96.2 g/mol. The van der Waals surface area contributed by atoms with Crippen LogP contribution in [0.15, 0.2) is 0 Å². The summed E-state index contributed by atoms with van der Waals surface area (Å²) in [5, 5.41) is 0.662. The molecular formula is C2H10OSi2. The first-order chi connectivity index (χ1) is 2.27. The van der Waals surface area contributed by atoms with Crippen molar-refractivity contribution in [1.82, 2.24) is 0 Å². The molecule has 0 aliphatic rings. The summed E-state index contributed by atoms with van der Waals surface area (Å²) in [6, 6.07) is 0.